The lowest BCUT2D eigenvalue weighted by Gasteiger charge is -2.21. The number of anilines is 1. The summed E-state index contributed by atoms with van der Waals surface area (Å²) in [7, 11) is 5.13. The number of rotatable bonds is 7. The first kappa shape index (κ1) is 26.2. The second-order valence-electron chi connectivity index (χ2n) is 8.77. The van der Waals surface area contributed by atoms with Gasteiger partial charge in [-0.3, -0.25) is 4.79 Å². The van der Waals surface area contributed by atoms with Gasteiger partial charge in [0.1, 0.15) is 11.4 Å². The Balaban J connectivity index is 1.83. The Labute approximate surface area is 217 Å². The van der Waals surface area contributed by atoms with Gasteiger partial charge in [0.2, 0.25) is 5.95 Å². The molecule has 192 valence electrons. The summed E-state index contributed by atoms with van der Waals surface area (Å²) >= 11 is 6.02. The number of amides is 1. The highest BCUT2D eigenvalue weighted by molar-refractivity contribution is 6.30. The minimum absolute atomic E-state index is 0.0668. The highest BCUT2D eigenvalue weighted by Crippen LogP contribution is 2.38. The van der Waals surface area contributed by atoms with Gasteiger partial charge in [0.05, 0.1) is 12.2 Å². The predicted molar refractivity (Wildman–Crippen MR) is 138 cm³/mol. The number of hydrogen-bond acceptors (Lipinski definition) is 4. The molecule has 0 saturated carbocycles. The summed E-state index contributed by atoms with van der Waals surface area (Å²) < 4.78 is 43.8. The van der Waals surface area contributed by atoms with Crippen molar-refractivity contribution >= 4 is 23.5 Å². The van der Waals surface area contributed by atoms with E-state index < -0.39 is 17.8 Å². The minimum atomic E-state index is -4.68. The third kappa shape index (κ3) is 5.94. The highest BCUT2D eigenvalue weighted by atomic mass is 35.5. The second kappa shape index (κ2) is 10.6. The van der Waals surface area contributed by atoms with Crippen LogP contribution in [0.1, 0.15) is 27.4 Å². The van der Waals surface area contributed by atoms with E-state index in [-0.39, 0.29) is 24.3 Å². The molecule has 37 heavy (non-hydrogen) atoms. The molecule has 4 rings (SSSR count). The number of nitrogens with zero attached hydrogens (tertiary/aromatic N) is 5. The topological polar surface area (TPSA) is 54.3 Å². The summed E-state index contributed by atoms with van der Waals surface area (Å²) in [5.74, 6) is -0.103. The lowest BCUT2D eigenvalue weighted by Crippen LogP contribution is -2.30. The van der Waals surface area contributed by atoms with Crippen molar-refractivity contribution in [2.24, 2.45) is 0 Å². The van der Waals surface area contributed by atoms with E-state index >= 15 is 0 Å². The van der Waals surface area contributed by atoms with E-state index in [1.165, 1.54) is 4.90 Å². The van der Waals surface area contributed by atoms with E-state index in [0.717, 1.165) is 10.6 Å². The fourth-order valence-electron chi connectivity index (χ4n) is 3.98. The Kier molecular flexibility index (Phi) is 7.54. The molecule has 0 spiro atoms. The lowest BCUT2D eigenvalue weighted by atomic mass is 10.0. The van der Waals surface area contributed by atoms with Crippen molar-refractivity contribution in [2.75, 3.05) is 26.0 Å². The molecule has 0 unspecified atom stereocenters. The van der Waals surface area contributed by atoms with E-state index in [2.05, 4.69) is 9.97 Å². The van der Waals surface area contributed by atoms with Gasteiger partial charge in [-0.15, -0.1) is 0 Å². The summed E-state index contributed by atoms with van der Waals surface area (Å²) in [5, 5.41) is 0.439. The molecule has 0 saturated heterocycles. The maximum Gasteiger partial charge on any atom is 0.431 e. The molecule has 0 atom stereocenters. The Hall–Kier alpha value is -3.85. The zero-order valence-corrected chi connectivity index (χ0v) is 21.3. The van der Waals surface area contributed by atoms with Crippen LogP contribution in [0.3, 0.4) is 0 Å². The van der Waals surface area contributed by atoms with Crippen molar-refractivity contribution in [3.8, 4) is 11.1 Å². The van der Waals surface area contributed by atoms with Gasteiger partial charge in [-0.25, -0.2) is 9.97 Å². The van der Waals surface area contributed by atoms with Crippen LogP contribution in [0, 0.1) is 0 Å². The van der Waals surface area contributed by atoms with Crippen molar-refractivity contribution in [3.63, 3.8) is 0 Å². The normalized spacial score (nSPS) is 11.4. The van der Waals surface area contributed by atoms with Crippen molar-refractivity contribution in [2.45, 2.75) is 19.3 Å². The van der Waals surface area contributed by atoms with Gasteiger partial charge in [-0.1, -0.05) is 54.1 Å². The largest absolute Gasteiger partial charge is 0.431 e. The van der Waals surface area contributed by atoms with Crippen LogP contribution in [0.15, 0.2) is 72.9 Å². The Morgan fingerprint density at radius 2 is 1.68 bits per heavy atom. The third-order valence-corrected chi connectivity index (χ3v) is 6.03. The van der Waals surface area contributed by atoms with Crippen molar-refractivity contribution in [3.05, 3.63) is 101 Å². The first-order valence-corrected chi connectivity index (χ1v) is 11.8. The quantitative estimate of drug-likeness (QED) is 0.296. The van der Waals surface area contributed by atoms with Gasteiger partial charge >= 0.3 is 6.18 Å². The van der Waals surface area contributed by atoms with E-state index in [9.17, 15) is 18.0 Å². The summed E-state index contributed by atoms with van der Waals surface area (Å²) in [6.45, 7) is -0.0450. The van der Waals surface area contributed by atoms with Gasteiger partial charge in [0, 0.05) is 44.5 Å². The third-order valence-electron chi connectivity index (χ3n) is 5.78. The monoisotopic (exact) mass is 527 g/mol. The van der Waals surface area contributed by atoms with Gasteiger partial charge in [-0.2, -0.15) is 13.2 Å². The molecular weight excluding hydrogens is 503 g/mol. The standard InChI is InChI=1S/C27H25ClF3N5O/c1-34(2)26-32-14-13-21(33-26)17-35(3)25(37)24-22(19-9-11-20(28)12-10-19)15-23(27(29,30)31)36(24)16-18-7-5-4-6-8-18/h4-15H,16-17H2,1-3H3. The molecule has 1 amide bonds. The van der Waals surface area contributed by atoms with E-state index in [1.54, 1.807) is 92.9 Å². The molecule has 2 aromatic heterocycles. The first-order chi connectivity index (χ1) is 17.5. The molecule has 0 N–H and O–H groups in total. The zero-order valence-electron chi connectivity index (χ0n) is 20.5. The average Bonchev–Trinajstić information content (AvgIpc) is 3.24. The fourth-order valence-corrected chi connectivity index (χ4v) is 4.10. The van der Waals surface area contributed by atoms with Gasteiger partial charge in [0.15, 0.2) is 0 Å². The average molecular weight is 528 g/mol. The van der Waals surface area contributed by atoms with Crippen LogP contribution in [-0.2, 0) is 19.3 Å². The van der Waals surface area contributed by atoms with Gasteiger partial charge < -0.3 is 14.4 Å². The number of carbonyl (C=O) groups excluding carboxylic acids is 1. The SMILES string of the molecule is CN(Cc1ccnc(N(C)C)n1)C(=O)c1c(-c2ccc(Cl)cc2)cc(C(F)(F)F)n1Cc1ccccc1. The smallest absolute Gasteiger partial charge is 0.347 e. The van der Waals surface area contributed by atoms with Crippen LogP contribution >= 0.6 is 11.6 Å². The Bertz CT molecular complexity index is 1390. The second-order valence-corrected chi connectivity index (χ2v) is 9.21. The number of benzene rings is 2. The van der Waals surface area contributed by atoms with E-state index in [4.69, 9.17) is 11.6 Å². The molecule has 0 aliphatic carbocycles. The molecular formula is C27H25ClF3N5O. The van der Waals surface area contributed by atoms with Gasteiger partial charge in [0.25, 0.3) is 5.91 Å². The Morgan fingerprint density at radius 3 is 2.30 bits per heavy atom. The molecule has 0 radical (unpaired) electrons. The number of carbonyl (C=O) groups is 1. The fraction of sp³-hybridized carbons (Fsp3) is 0.222. The van der Waals surface area contributed by atoms with Crippen LogP contribution in [0.5, 0.6) is 0 Å². The van der Waals surface area contributed by atoms with Gasteiger partial charge in [-0.05, 0) is 35.4 Å². The van der Waals surface area contributed by atoms with Crippen LogP contribution in [0.4, 0.5) is 19.1 Å². The maximum absolute atomic E-state index is 14.3. The van der Waals surface area contributed by atoms with Crippen LogP contribution < -0.4 is 4.90 Å². The molecule has 0 aliphatic heterocycles. The molecule has 2 aromatic carbocycles. The molecule has 0 bridgehead atoms. The van der Waals surface area contributed by atoms with E-state index in [1.807, 2.05) is 0 Å². The minimum Gasteiger partial charge on any atom is -0.347 e. The number of aromatic nitrogens is 3. The molecule has 0 fully saturated rings. The predicted octanol–water partition coefficient (Wildman–Crippen LogP) is 6.00. The van der Waals surface area contributed by atoms with Crippen molar-refractivity contribution < 1.29 is 18.0 Å². The van der Waals surface area contributed by atoms with Crippen molar-refractivity contribution in [1.82, 2.24) is 19.4 Å². The molecule has 2 heterocycles. The first-order valence-electron chi connectivity index (χ1n) is 11.4. The summed E-state index contributed by atoms with van der Waals surface area (Å²) in [6.07, 6.45) is -3.10. The highest BCUT2D eigenvalue weighted by Gasteiger charge is 2.38. The summed E-state index contributed by atoms with van der Waals surface area (Å²) in [6, 6.07) is 17.8. The number of hydrogen-bond donors (Lipinski definition) is 0. The summed E-state index contributed by atoms with van der Waals surface area (Å²) in [4.78, 5) is 25.5. The van der Waals surface area contributed by atoms with Crippen molar-refractivity contribution in [1.29, 1.82) is 0 Å². The Morgan fingerprint density at radius 1 is 1.00 bits per heavy atom. The molecule has 4 aromatic rings. The zero-order chi connectivity index (χ0) is 26.7. The van der Waals surface area contributed by atoms with Crippen LogP contribution in [0.2, 0.25) is 5.02 Å². The summed E-state index contributed by atoms with van der Waals surface area (Å²) in [5.41, 5.74) is 0.843. The molecule has 6 nitrogen and oxygen atoms in total. The van der Waals surface area contributed by atoms with E-state index in [0.29, 0.717) is 27.8 Å². The van der Waals surface area contributed by atoms with Crippen LogP contribution in [0.25, 0.3) is 11.1 Å². The number of halogens is 4. The molecule has 10 heteroatoms. The lowest BCUT2D eigenvalue weighted by molar-refractivity contribution is -0.143. The van der Waals surface area contributed by atoms with Crippen LogP contribution in [-0.4, -0.2) is 46.5 Å². The number of alkyl halides is 3. The molecule has 0 aliphatic rings. The maximum atomic E-state index is 14.3.